The highest BCUT2D eigenvalue weighted by atomic mass is 16.5. The molecule has 29 heavy (non-hydrogen) atoms. The number of anilines is 3. The molecule has 1 aromatic carbocycles. The van der Waals surface area contributed by atoms with Crippen molar-refractivity contribution >= 4 is 17.5 Å². The summed E-state index contributed by atoms with van der Waals surface area (Å²) >= 11 is 0. The highest BCUT2D eigenvalue weighted by Crippen LogP contribution is 2.30. The van der Waals surface area contributed by atoms with Crippen LogP contribution in [-0.2, 0) is 4.74 Å². The number of benzene rings is 1. The van der Waals surface area contributed by atoms with Crippen molar-refractivity contribution in [2.75, 3.05) is 38.1 Å². The Balaban J connectivity index is 1.66. The van der Waals surface area contributed by atoms with Crippen LogP contribution in [0.5, 0.6) is 11.5 Å². The van der Waals surface area contributed by atoms with E-state index in [1.165, 1.54) is 6.33 Å². The third-order valence-electron chi connectivity index (χ3n) is 4.54. The Kier molecular flexibility index (Phi) is 5.66. The lowest BCUT2D eigenvalue weighted by Gasteiger charge is -2.16. The van der Waals surface area contributed by atoms with Crippen LogP contribution in [0.3, 0.4) is 0 Å². The Bertz CT molecular complexity index is 941. The van der Waals surface area contributed by atoms with E-state index in [-0.39, 0.29) is 6.04 Å². The Morgan fingerprint density at radius 3 is 2.45 bits per heavy atom. The molecule has 2 aromatic heterocycles. The van der Waals surface area contributed by atoms with E-state index in [2.05, 4.69) is 25.6 Å². The smallest absolute Gasteiger partial charge is 0.229 e. The summed E-state index contributed by atoms with van der Waals surface area (Å²) in [4.78, 5) is 17.4. The summed E-state index contributed by atoms with van der Waals surface area (Å²) < 4.78 is 16.1. The third-order valence-corrected chi connectivity index (χ3v) is 4.54. The van der Waals surface area contributed by atoms with Gasteiger partial charge < -0.3 is 24.8 Å². The van der Waals surface area contributed by atoms with Gasteiger partial charge in [-0.05, 0) is 6.42 Å². The summed E-state index contributed by atoms with van der Waals surface area (Å²) in [6.45, 7) is 1.38. The van der Waals surface area contributed by atoms with Crippen LogP contribution in [0, 0.1) is 0 Å². The molecule has 1 fully saturated rings. The molecule has 0 bridgehead atoms. The Morgan fingerprint density at radius 1 is 1.03 bits per heavy atom. The second kappa shape index (κ2) is 8.70. The van der Waals surface area contributed by atoms with Crippen molar-refractivity contribution in [2.45, 2.75) is 12.5 Å². The van der Waals surface area contributed by atoms with Crippen molar-refractivity contribution in [2.24, 2.45) is 0 Å². The monoisotopic (exact) mass is 394 g/mol. The van der Waals surface area contributed by atoms with E-state index >= 15 is 0 Å². The SMILES string of the molecule is COc1cc(Nc2ncc(-c3cncnc3)c(NC3CCOC3)n2)cc(OC)c1. The van der Waals surface area contributed by atoms with Crippen molar-refractivity contribution in [1.29, 1.82) is 0 Å². The molecule has 3 heterocycles. The second-order valence-electron chi connectivity index (χ2n) is 6.51. The maximum atomic E-state index is 5.48. The summed E-state index contributed by atoms with van der Waals surface area (Å²) in [5, 5.41) is 6.67. The van der Waals surface area contributed by atoms with Crippen LogP contribution in [0.1, 0.15) is 6.42 Å². The average Bonchev–Trinajstić information content (AvgIpc) is 3.27. The zero-order chi connectivity index (χ0) is 20.1. The minimum absolute atomic E-state index is 0.193. The van der Waals surface area contributed by atoms with Crippen LogP contribution in [0.2, 0.25) is 0 Å². The molecule has 3 aromatic rings. The number of ether oxygens (including phenoxy) is 3. The highest BCUT2D eigenvalue weighted by molar-refractivity contribution is 5.75. The molecule has 9 heteroatoms. The van der Waals surface area contributed by atoms with Gasteiger partial charge in [-0.1, -0.05) is 0 Å². The Morgan fingerprint density at radius 2 is 1.79 bits per heavy atom. The fraction of sp³-hybridized carbons (Fsp3) is 0.300. The van der Waals surface area contributed by atoms with E-state index < -0.39 is 0 Å². The maximum absolute atomic E-state index is 5.48. The molecule has 2 N–H and O–H groups in total. The molecule has 4 rings (SSSR count). The Labute approximate surface area is 168 Å². The average molecular weight is 394 g/mol. The van der Waals surface area contributed by atoms with Gasteiger partial charge in [0.1, 0.15) is 23.6 Å². The number of nitrogens with one attached hydrogen (secondary N) is 2. The van der Waals surface area contributed by atoms with Crippen molar-refractivity contribution < 1.29 is 14.2 Å². The molecule has 0 amide bonds. The first-order valence-electron chi connectivity index (χ1n) is 9.22. The van der Waals surface area contributed by atoms with Gasteiger partial charge in [0, 0.05) is 60.2 Å². The van der Waals surface area contributed by atoms with E-state index in [4.69, 9.17) is 19.2 Å². The summed E-state index contributed by atoms with van der Waals surface area (Å²) in [5.41, 5.74) is 2.42. The fourth-order valence-corrected chi connectivity index (χ4v) is 3.05. The van der Waals surface area contributed by atoms with Gasteiger partial charge in [-0.15, -0.1) is 0 Å². The van der Waals surface area contributed by atoms with Crippen molar-refractivity contribution in [3.05, 3.63) is 43.1 Å². The molecule has 1 atom stereocenters. The Hall–Kier alpha value is -3.46. The number of rotatable bonds is 7. The van der Waals surface area contributed by atoms with Gasteiger partial charge in [0.25, 0.3) is 0 Å². The van der Waals surface area contributed by atoms with E-state index in [0.717, 1.165) is 29.8 Å². The van der Waals surface area contributed by atoms with Crippen LogP contribution in [-0.4, -0.2) is 53.4 Å². The highest BCUT2D eigenvalue weighted by Gasteiger charge is 2.19. The lowest BCUT2D eigenvalue weighted by molar-refractivity contribution is 0.195. The normalized spacial score (nSPS) is 15.7. The predicted octanol–water partition coefficient (Wildman–Crippen LogP) is 2.90. The summed E-state index contributed by atoms with van der Waals surface area (Å²) in [7, 11) is 3.22. The van der Waals surface area contributed by atoms with E-state index in [9.17, 15) is 0 Å². The van der Waals surface area contributed by atoms with Gasteiger partial charge in [-0.3, -0.25) is 0 Å². The van der Waals surface area contributed by atoms with Crippen LogP contribution < -0.4 is 20.1 Å². The second-order valence-corrected chi connectivity index (χ2v) is 6.51. The fourth-order valence-electron chi connectivity index (χ4n) is 3.05. The largest absolute Gasteiger partial charge is 0.497 e. The summed E-state index contributed by atoms with van der Waals surface area (Å²) in [6, 6.07) is 5.70. The first-order chi connectivity index (χ1) is 14.2. The quantitative estimate of drug-likeness (QED) is 0.626. The van der Waals surface area contributed by atoms with Gasteiger partial charge in [-0.2, -0.15) is 4.98 Å². The number of nitrogens with zero attached hydrogens (tertiary/aromatic N) is 4. The van der Waals surface area contributed by atoms with Crippen LogP contribution in [0.15, 0.2) is 43.1 Å². The molecule has 0 aliphatic carbocycles. The minimum atomic E-state index is 0.193. The van der Waals surface area contributed by atoms with Crippen molar-refractivity contribution in [3.63, 3.8) is 0 Å². The van der Waals surface area contributed by atoms with Gasteiger partial charge in [0.05, 0.1) is 26.9 Å². The van der Waals surface area contributed by atoms with Crippen LogP contribution in [0.25, 0.3) is 11.1 Å². The van der Waals surface area contributed by atoms with Crippen LogP contribution >= 0.6 is 0 Å². The number of hydrogen-bond acceptors (Lipinski definition) is 9. The topological polar surface area (TPSA) is 103 Å². The first kappa shape index (κ1) is 18.9. The molecule has 1 aliphatic rings. The van der Waals surface area contributed by atoms with Gasteiger partial charge in [0.2, 0.25) is 5.95 Å². The van der Waals surface area contributed by atoms with Gasteiger partial charge in [-0.25, -0.2) is 15.0 Å². The summed E-state index contributed by atoms with van der Waals surface area (Å²) in [5.74, 6) is 2.49. The molecule has 1 saturated heterocycles. The predicted molar refractivity (Wildman–Crippen MR) is 109 cm³/mol. The van der Waals surface area contributed by atoms with Crippen LogP contribution in [0.4, 0.5) is 17.5 Å². The molecule has 1 aliphatic heterocycles. The number of hydrogen-bond donors (Lipinski definition) is 2. The molecule has 0 radical (unpaired) electrons. The number of methoxy groups -OCH3 is 2. The maximum Gasteiger partial charge on any atom is 0.229 e. The molecule has 1 unspecified atom stereocenters. The van der Waals surface area contributed by atoms with E-state index in [1.54, 1.807) is 38.9 Å². The first-order valence-corrected chi connectivity index (χ1v) is 9.22. The third kappa shape index (κ3) is 4.52. The van der Waals surface area contributed by atoms with Gasteiger partial charge in [0.15, 0.2) is 0 Å². The lowest BCUT2D eigenvalue weighted by atomic mass is 10.1. The van der Waals surface area contributed by atoms with E-state index in [1.807, 2.05) is 12.1 Å². The number of aromatic nitrogens is 4. The zero-order valence-electron chi connectivity index (χ0n) is 16.3. The minimum Gasteiger partial charge on any atom is -0.497 e. The summed E-state index contributed by atoms with van der Waals surface area (Å²) in [6.07, 6.45) is 7.65. The molecular weight excluding hydrogens is 372 g/mol. The molecular formula is C20H22N6O3. The molecule has 9 nitrogen and oxygen atoms in total. The van der Waals surface area contributed by atoms with E-state index in [0.29, 0.717) is 29.9 Å². The standard InChI is InChI=1S/C20H22N6O3/c1-27-16-5-15(6-17(7-16)28-2)25-20-23-10-18(13-8-21-12-22-9-13)19(26-20)24-14-3-4-29-11-14/h5-10,12,14H,3-4,11H2,1-2H3,(H2,23,24,25,26). The molecule has 0 spiro atoms. The van der Waals surface area contributed by atoms with Crippen molar-refractivity contribution in [3.8, 4) is 22.6 Å². The molecule has 0 saturated carbocycles. The van der Waals surface area contributed by atoms with Crippen molar-refractivity contribution in [1.82, 2.24) is 19.9 Å². The lowest BCUT2D eigenvalue weighted by Crippen LogP contribution is -2.20. The zero-order valence-corrected chi connectivity index (χ0v) is 16.3. The van der Waals surface area contributed by atoms with Gasteiger partial charge >= 0.3 is 0 Å². The molecule has 150 valence electrons.